The van der Waals surface area contributed by atoms with E-state index in [1.165, 1.54) is 0 Å². The van der Waals surface area contributed by atoms with Crippen LogP contribution in [0, 0.1) is 22.7 Å². The number of hydrogen-bond donors (Lipinski definition) is 0. The second kappa shape index (κ2) is 6.86. The standard InChI is InChI=1S/C13H17N5O/c14-6-2-1-3-8-18-13(11-5-9-19-10-11)12(4-7-15)16-17-18/h11H,1-5,8-10H2. The first kappa shape index (κ1) is 13.5. The Hall–Kier alpha value is -1.92. The molecule has 0 saturated carbocycles. The summed E-state index contributed by atoms with van der Waals surface area (Å²) in [5.74, 6) is 0.300. The van der Waals surface area contributed by atoms with Crippen LogP contribution in [0.2, 0.25) is 0 Å². The second-order valence-electron chi connectivity index (χ2n) is 4.66. The molecule has 0 bridgehead atoms. The maximum absolute atomic E-state index is 8.85. The van der Waals surface area contributed by atoms with E-state index in [0.29, 0.717) is 25.4 Å². The number of unbranched alkanes of at least 4 members (excludes halogenated alkanes) is 2. The highest BCUT2D eigenvalue weighted by Gasteiger charge is 2.25. The maximum atomic E-state index is 8.85. The lowest BCUT2D eigenvalue weighted by atomic mass is 10.0. The molecular weight excluding hydrogens is 242 g/mol. The Balaban J connectivity index is 2.09. The lowest BCUT2D eigenvalue weighted by Crippen LogP contribution is -2.11. The normalized spacial score (nSPS) is 18.1. The van der Waals surface area contributed by atoms with Crippen LogP contribution in [0.3, 0.4) is 0 Å². The Kier molecular flexibility index (Phi) is 4.88. The first-order valence-corrected chi connectivity index (χ1v) is 6.60. The minimum atomic E-state index is 0.296. The van der Waals surface area contributed by atoms with Crippen molar-refractivity contribution in [1.29, 1.82) is 10.5 Å². The molecule has 6 nitrogen and oxygen atoms in total. The molecular formula is C13H17N5O. The summed E-state index contributed by atoms with van der Waals surface area (Å²) >= 11 is 0. The predicted molar refractivity (Wildman–Crippen MR) is 67.0 cm³/mol. The third kappa shape index (κ3) is 3.30. The van der Waals surface area contributed by atoms with E-state index < -0.39 is 0 Å². The van der Waals surface area contributed by atoms with Crippen LogP contribution >= 0.6 is 0 Å². The first-order valence-electron chi connectivity index (χ1n) is 6.60. The number of ether oxygens (including phenoxy) is 1. The molecule has 6 heteroatoms. The lowest BCUT2D eigenvalue weighted by Gasteiger charge is -2.11. The Morgan fingerprint density at radius 3 is 2.89 bits per heavy atom. The second-order valence-corrected chi connectivity index (χ2v) is 4.66. The number of aryl methyl sites for hydroxylation is 1. The first-order chi connectivity index (χ1) is 9.36. The molecule has 1 unspecified atom stereocenters. The number of aromatic nitrogens is 3. The van der Waals surface area contributed by atoms with E-state index >= 15 is 0 Å². The number of nitriles is 2. The zero-order chi connectivity index (χ0) is 13.5. The van der Waals surface area contributed by atoms with Gasteiger partial charge in [-0.3, -0.25) is 0 Å². The van der Waals surface area contributed by atoms with Gasteiger partial charge in [-0.1, -0.05) is 5.21 Å². The van der Waals surface area contributed by atoms with Crippen molar-refractivity contribution in [1.82, 2.24) is 15.0 Å². The molecule has 0 radical (unpaired) electrons. The van der Waals surface area contributed by atoms with Gasteiger partial charge in [-0.25, -0.2) is 4.68 Å². The van der Waals surface area contributed by atoms with Crippen molar-refractivity contribution in [3.8, 4) is 12.1 Å². The van der Waals surface area contributed by atoms with Crippen molar-refractivity contribution in [3.63, 3.8) is 0 Å². The van der Waals surface area contributed by atoms with Crippen LogP contribution in [0.15, 0.2) is 0 Å². The molecule has 19 heavy (non-hydrogen) atoms. The van der Waals surface area contributed by atoms with E-state index in [0.717, 1.165) is 43.8 Å². The molecule has 1 aromatic heterocycles. The Morgan fingerprint density at radius 1 is 1.32 bits per heavy atom. The summed E-state index contributed by atoms with van der Waals surface area (Å²) < 4.78 is 7.31. The van der Waals surface area contributed by atoms with Gasteiger partial charge >= 0.3 is 0 Å². The zero-order valence-corrected chi connectivity index (χ0v) is 10.9. The third-order valence-corrected chi connectivity index (χ3v) is 3.32. The van der Waals surface area contributed by atoms with E-state index in [9.17, 15) is 0 Å². The zero-order valence-electron chi connectivity index (χ0n) is 10.9. The molecule has 1 aliphatic heterocycles. The molecule has 1 aliphatic rings. The van der Waals surface area contributed by atoms with Crippen molar-refractivity contribution in [2.75, 3.05) is 13.2 Å². The molecule has 0 aliphatic carbocycles. The van der Waals surface area contributed by atoms with Crippen LogP contribution < -0.4 is 0 Å². The van der Waals surface area contributed by atoms with Gasteiger partial charge in [0, 0.05) is 25.5 Å². The van der Waals surface area contributed by atoms with Gasteiger partial charge in [0.05, 0.1) is 30.9 Å². The van der Waals surface area contributed by atoms with Crippen LogP contribution in [0.5, 0.6) is 0 Å². The molecule has 1 fully saturated rings. The molecule has 0 N–H and O–H groups in total. The number of rotatable bonds is 6. The molecule has 100 valence electrons. The molecule has 1 aromatic rings. The fraction of sp³-hybridized carbons (Fsp3) is 0.692. The molecule has 0 amide bonds. The summed E-state index contributed by atoms with van der Waals surface area (Å²) in [6, 6.07) is 4.28. The summed E-state index contributed by atoms with van der Waals surface area (Å²) in [5.41, 5.74) is 1.83. The average Bonchev–Trinajstić information content (AvgIpc) is 3.04. The molecule has 2 rings (SSSR count). The summed E-state index contributed by atoms with van der Waals surface area (Å²) in [7, 11) is 0. The highest BCUT2D eigenvalue weighted by atomic mass is 16.5. The number of nitrogens with zero attached hydrogens (tertiary/aromatic N) is 5. The Morgan fingerprint density at radius 2 is 2.21 bits per heavy atom. The van der Waals surface area contributed by atoms with E-state index in [1.807, 2.05) is 4.68 Å². The minimum Gasteiger partial charge on any atom is -0.381 e. The summed E-state index contributed by atoms with van der Waals surface area (Å²) in [4.78, 5) is 0. The molecule has 2 heterocycles. The van der Waals surface area contributed by atoms with Crippen LogP contribution in [-0.4, -0.2) is 28.2 Å². The number of hydrogen-bond acceptors (Lipinski definition) is 5. The van der Waals surface area contributed by atoms with Crippen LogP contribution in [0.4, 0.5) is 0 Å². The molecule has 0 spiro atoms. The third-order valence-electron chi connectivity index (χ3n) is 3.32. The van der Waals surface area contributed by atoms with Gasteiger partial charge in [-0.2, -0.15) is 10.5 Å². The van der Waals surface area contributed by atoms with Crippen LogP contribution in [0.25, 0.3) is 0 Å². The van der Waals surface area contributed by atoms with Crippen molar-refractivity contribution in [2.45, 2.75) is 44.6 Å². The minimum absolute atomic E-state index is 0.296. The van der Waals surface area contributed by atoms with E-state index in [2.05, 4.69) is 22.5 Å². The quantitative estimate of drug-likeness (QED) is 0.723. The maximum Gasteiger partial charge on any atom is 0.100 e. The fourth-order valence-corrected chi connectivity index (χ4v) is 2.38. The summed E-state index contributed by atoms with van der Waals surface area (Å²) in [6.45, 7) is 2.20. The average molecular weight is 259 g/mol. The van der Waals surface area contributed by atoms with Gasteiger partial charge in [-0.15, -0.1) is 5.10 Å². The van der Waals surface area contributed by atoms with Crippen LogP contribution in [-0.2, 0) is 17.7 Å². The molecule has 1 saturated heterocycles. The van der Waals surface area contributed by atoms with Crippen molar-refractivity contribution < 1.29 is 4.74 Å². The Bertz CT molecular complexity index is 490. The fourth-order valence-electron chi connectivity index (χ4n) is 2.38. The monoisotopic (exact) mass is 259 g/mol. The van der Waals surface area contributed by atoms with Crippen molar-refractivity contribution in [3.05, 3.63) is 11.4 Å². The van der Waals surface area contributed by atoms with Gasteiger partial charge in [0.2, 0.25) is 0 Å². The Labute approximate surface area is 112 Å². The lowest BCUT2D eigenvalue weighted by molar-refractivity contribution is 0.193. The topological polar surface area (TPSA) is 87.5 Å². The SMILES string of the molecule is N#CCCCCn1nnc(CC#N)c1C1CCOC1. The predicted octanol–water partition coefficient (Wildman–Crippen LogP) is 1.54. The van der Waals surface area contributed by atoms with E-state index in [4.69, 9.17) is 15.3 Å². The van der Waals surface area contributed by atoms with Gasteiger partial charge in [-0.05, 0) is 19.3 Å². The van der Waals surface area contributed by atoms with E-state index in [1.54, 1.807) is 0 Å². The summed E-state index contributed by atoms with van der Waals surface area (Å²) in [6.07, 6.45) is 3.60. The van der Waals surface area contributed by atoms with Gasteiger partial charge in [0.1, 0.15) is 5.69 Å². The van der Waals surface area contributed by atoms with E-state index in [-0.39, 0.29) is 0 Å². The molecule has 0 aromatic carbocycles. The van der Waals surface area contributed by atoms with Gasteiger partial charge < -0.3 is 4.74 Å². The van der Waals surface area contributed by atoms with Gasteiger partial charge in [0.25, 0.3) is 0 Å². The highest BCUT2D eigenvalue weighted by molar-refractivity contribution is 5.20. The molecule has 1 atom stereocenters. The van der Waals surface area contributed by atoms with Gasteiger partial charge in [0.15, 0.2) is 0 Å². The summed E-state index contributed by atoms with van der Waals surface area (Å²) in [5, 5.41) is 25.6. The highest BCUT2D eigenvalue weighted by Crippen LogP contribution is 2.27. The largest absolute Gasteiger partial charge is 0.381 e. The van der Waals surface area contributed by atoms with Crippen molar-refractivity contribution in [2.24, 2.45) is 0 Å². The van der Waals surface area contributed by atoms with Crippen molar-refractivity contribution >= 4 is 0 Å². The van der Waals surface area contributed by atoms with Crippen LogP contribution in [0.1, 0.15) is 43.0 Å². The smallest absolute Gasteiger partial charge is 0.100 e.